The number of benzene rings is 3. The molecule has 0 bridgehead atoms. The minimum Gasteiger partial charge on any atom is -0.490 e. The fourth-order valence-electron chi connectivity index (χ4n) is 5.50. The van der Waals surface area contributed by atoms with Gasteiger partial charge < -0.3 is 19.5 Å². The summed E-state index contributed by atoms with van der Waals surface area (Å²) >= 11 is 0. The highest BCUT2D eigenvalue weighted by molar-refractivity contribution is 7.92. The number of anilines is 1. The molecule has 0 unspecified atom stereocenters. The fraction of sp³-hybridized carbons (Fsp3) is 0.457. The zero-order chi connectivity index (χ0) is 35.1. The predicted molar refractivity (Wildman–Crippen MR) is 185 cm³/mol. The lowest BCUT2D eigenvalue weighted by atomic mass is 10.0. The minimum absolute atomic E-state index is 0.0506. The summed E-state index contributed by atoms with van der Waals surface area (Å²) in [6.45, 7) is 7.59. The molecule has 1 aliphatic rings. The Morgan fingerprint density at radius 1 is 0.979 bits per heavy atom. The van der Waals surface area contributed by atoms with Gasteiger partial charge in [-0.05, 0) is 82.5 Å². The Balaban J connectivity index is 1.68. The molecule has 2 N–H and O–H groups in total. The smallest absolute Gasteiger partial charge is 0.261 e. The third kappa shape index (κ3) is 9.35. The molecular formula is C35H47N3O8S2. The summed E-state index contributed by atoms with van der Waals surface area (Å²) in [5, 5.41) is 10.2. The Morgan fingerprint density at radius 2 is 1.67 bits per heavy atom. The number of fused-ring (bicyclic) bond motifs is 1. The molecule has 0 radical (unpaired) electrons. The van der Waals surface area contributed by atoms with Gasteiger partial charge in [-0.25, -0.2) is 16.8 Å². The van der Waals surface area contributed by atoms with E-state index in [1.165, 1.54) is 34.5 Å². The Labute approximate surface area is 285 Å². The fourth-order valence-corrected chi connectivity index (χ4v) is 7.76. The van der Waals surface area contributed by atoms with Gasteiger partial charge in [0.15, 0.2) is 0 Å². The van der Waals surface area contributed by atoms with E-state index in [0.29, 0.717) is 25.2 Å². The number of likely N-dealkylation sites (N-methyl/N-ethyl adjacent to an activating group) is 1. The lowest BCUT2D eigenvalue weighted by molar-refractivity contribution is -0.00833. The van der Waals surface area contributed by atoms with Crippen LogP contribution in [0.1, 0.15) is 56.0 Å². The van der Waals surface area contributed by atoms with Crippen LogP contribution < -0.4 is 9.46 Å². The number of sulfonamides is 2. The van der Waals surface area contributed by atoms with Crippen molar-refractivity contribution in [1.82, 2.24) is 9.21 Å². The lowest BCUT2D eigenvalue weighted by Crippen LogP contribution is -2.48. The van der Waals surface area contributed by atoms with Crippen LogP contribution in [0.5, 0.6) is 5.75 Å². The molecule has 3 aromatic carbocycles. The van der Waals surface area contributed by atoms with Crippen LogP contribution in [0.4, 0.5) is 5.69 Å². The van der Waals surface area contributed by atoms with Crippen molar-refractivity contribution < 1.29 is 36.2 Å². The normalized spacial score (nSPS) is 20.8. The van der Waals surface area contributed by atoms with Gasteiger partial charge in [-0.2, -0.15) is 4.31 Å². The molecule has 3 aromatic rings. The highest BCUT2D eigenvalue weighted by Gasteiger charge is 2.32. The van der Waals surface area contributed by atoms with Gasteiger partial charge in [-0.1, -0.05) is 42.8 Å². The summed E-state index contributed by atoms with van der Waals surface area (Å²) in [7, 11) is -6.24. The number of aryl methyl sites for hydroxylation is 1. The zero-order valence-corrected chi connectivity index (χ0v) is 29.8. The van der Waals surface area contributed by atoms with Crippen molar-refractivity contribution in [3.8, 4) is 5.75 Å². The van der Waals surface area contributed by atoms with E-state index >= 15 is 0 Å². The number of aliphatic hydroxyl groups is 1. The van der Waals surface area contributed by atoms with Gasteiger partial charge >= 0.3 is 0 Å². The highest BCUT2D eigenvalue weighted by Crippen LogP contribution is 2.30. The largest absolute Gasteiger partial charge is 0.490 e. The topological polar surface area (TPSA) is 143 Å². The van der Waals surface area contributed by atoms with Crippen LogP contribution >= 0.6 is 0 Å². The molecule has 0 fully saturated rings. The van der Waals surface area contributed by atoms with E-state index in [2.05, 4.69) is 4.72 Å². The molecule has 13 heteroatoms. The summed E-state index contributed by atoms with van der Waals surface area (Å²) in [6, 6.07) is 18.6. The van der Waals surface area contributed by atoms with Gasteiger partial charge in [0.1, 0.15) is 5.75 Å². The number of amides is 1. The first-order chi connectivity index (χ1) is 22.7. The molecule has 0 aliphatic carbocycles. The van der Waals surface area contributed by atoms with Gasteiger partial charge in [0.05, 0.1) is 40.2 Å². The summed E-state index contributed by atoms with van der Waals surface area (Å²) in [5.41, 5.74) is 1.23. The van der Waals surface area contributed by atoms with Gasteiger partial charge in [-0.3, -0.25) is 9.52 Å². The van der Waals surface area contributed by atoms with Crippen molar-refractivity contribution in [2.75, 3.05) is 38.1 Å². The first-order valence-corrected chi connectivity index (χ1v) is 19.1. The van der Waals surface area contributed by atoms with E-state index in [1.807, 2.05) is 20.8 Å². The van der Waals surface area contributed by atoms with Gasteiger partial charge in [0, 0.05) is 38.3 Å². The number of ether oxygens (including phenoxy) is 2. The zero-order valence-electron chi connectivity index (χ0n) is 28.2. The van der Waals surface area contributed by atoms with Gasteiger partial charge in [-0.15, -0.1) is 0 Å². The molecule has 1 aliphatic heterocycles. The molecule has 4 rings (SSSR count). The summed E-state index contributed by atoms with van der Waals surface area (Å²) < 4.78 is 69.5. The molecular weight excluding hydrogens is 655 g/mol. The van der Waals surface area contributed by atoms with E-state index < -0.39 is 38.1 Å². The van der Waals surface area contributed by atoms with Gasteiger partial charge in [0.2, 0.25) is 10.0 Å². The average molecular weight is 702 g/mol. The average Bonchev–Trinajstić information content (AvgIpc) is 3.06. The first-order valence-electron chi connectivity index (χ1n) is 16.2. The van der Waals surface area contributed by atoms with Crippen molar-refractivity contribution >= 4 is 31.6 Å². The number of aliphatic hydroxyl groups excluding tert-OH is 1. The number of hydrogen-bond donors (Lipinski definition) is 2. The molecule has 11 nitrogen and oxygen atoms in total. The second kappa shape index (κ2) is 16.3. The maximum Gasteiger partial charge on any atom is 0.261 e. The highest BCUT2D eigenvalue weighted by atomic mass is 32.2. The molecule has 4 atom stereocenters. The van der Waals surface area contributed by atoms with Crippen LogP contribution in [0.25, 0.3) is 0 Å². The molecule has 262 valence electrons. The summed E-state index contributed by atoms with van der Waals surface area (Å²) in [6.07, 6.45) is 1.31. The van der Waals surface area contributed by atoms with Crippen LogP contribution in [0, 0.1) is 12.8 Å². The SMILES string of the molecule is Cc1ccc(S(=O)(=O)Nc2ccc3c(c2)C(=O)N([C@@H](C)CO)C[C@@H](C)[C@@H](CN(C)S(=O)(=O)c2ccccc2)OCCCC[C@H](C)O3)cc1. The van der Waals surface area contributed by atoms with Crippen molar-refractivity contribution in [3.63, 3.8) is 0 Å². The summed E-state index contributed by atoms with van der Waals surface area (Å²) in [4.78, 5) is 16.1. The quantitative estimate of drug-likeness (QED) is 0.321. The van der Waals surface area contributed by atoms with E-state index in [-0.39, 0.29) is 52.8 Å². The maximum atomic E-state index is 14.4. The Morgan fingerprint density at radius 3 is 2.33 bits per heavy atom. The van der Waals surface area contributed by atoms with Gasteiger partial charge in [0.25, 0.3) is 15.9 Å². The van der Waals surface area contributed by atoms with Crippen LogP contribution in [-0.2, 0) is 24.8 Å². The first kappa shape index (κ1) is 37.3. The molecule has 0 aromatic heterocycles. The van der Waals surface area contributed by atoms with E-state index in [9.17, 15) is 26.7 Å². The number of nitrogens with one attached hydrogen (secondary N) is 1. The van der Waals surface area contributed by atoms with Crippen LogP contribution in [0.15, 0.2) is 82.6 Å². The predicted octanol–water partition coefficient (Wildman–Crippen LogP) is 4.91. The molecule has 1 heterocycles. The Hall–Kier alpha value is -3.49. The van der Waals surface area contributed by atoms with Crippen LogP contribution in [-0.4, -0.2) is 88.7 Å². The lowest BCUT2D eigenvalue weighted by Gasteiger charge is -2.35. The Bertz CT molecular complexity index is 1740. The number of hydrogen-bond acceptors (Lipinski definition) is 8. The van der Waals surface area contributed by atoms with Crippen molar-refractivity contribution in [1.29, 1.82) is 0 Å². The number of nitrogens with zero attached hydrogens (tertiary/aromatic N) is 2. The molecule has 0 saturated carbocycles. The molecule has 1 amide bonds. The van der Waals surface area contributed by atoms with E-state index in [1.54, 1.807) is 61.5 Å². The second-order valence-corrected chi connectivity index (χ2v) is 16.3. The van der Waals surface area contributed by atoms with Crippen LogP contribution in [0.2, 0.25) is 0 Å². The number of carbonyl (C=O) groups is 1. The maximum absolute atomic E-state index is 14.4. The van der Waals surface area contributed by atoms with Crippen molar-refractivity contribution in [3.05, 3.63) is 83.9 Å². The van der Waals surface area contributed by atoms with E-state index in [0.717, 1.165) is 12.0 Å². The van der Waals surface area contributed by atoms with E-state index in [4.69, 9.17) is 9.47 Å². The summed E-state index contributed by atoms with van der Waals surface area (Å²) in [5.74, 6) is -0.527. The number of carbonyl (C=O) groups excluding carboxylic acids is 1. The Kier molecular flexibility index (Phi) is 12.7. The van der Waals surface area contributed by atoms with Crippen molar-refractivity contribution in [2.24, 2.45) is 5.92 Å². The van der Waals surface area contributed by atoms with Crippen LogP contribution in [0.3, 0.4) is 0 Å². The minimum atomic E-state index is -3.95. The number of rotatable bonds is 9. The molecule has 0 spiro atoms. The molecule has 0 saturated heterocycles. The third-order valence-electron chi connectivity index (χ3n) is 8.52. The second-order valence-electron chi connectivity index (χ2n) is 12.5. The molecule has 48 heavy (non-hydrogen) atoms. The third-order valence-corrected chi connectivity index (χ3v) is 11.8. The standard InChI is InChI=1S/C35H47N3O8S2/c1-25-14-17-30(18-15-25)47(41,42)36-29-16-19-33-32(21-29)35(40)38(27(3)24-39)22-26(2)34(45-20-10-9-11-28(4)46-33)23-37(5)48(43,44)31-12-7-6-8-13-31/h6-8,12-19,21,26-28,34,36,39H,9-11,20,22-24H2,1-5H3/t26-,27+,28+,34-/m1/s1. The van der Waals surface area contributed by atoms with Crippen molar-refractivity contribution in [2.45, 2.75) is 75.0 Å². The monoisotopic (exact) mass is 701 g/mol.